The smallest absolute Gasteiger partial charge is 0.0758 e. The van der Waals surface area contributed by atoms with E-state index in [0.29, 0.717) is 0 Å². The molecular formula is C14H17BrN2. The maximum atomic E-state index is 4.67. The van der Waals surface area contributed by atoms with Crippen LogP contribution < -0.4 is 5.32 Å². The van der Waals surface area contributed by atoms with E-state index < -0.39 is 0 Å². The molecule has 0 aliphatic carbocycles. The van der Waals surface area contributed by atoms with E-state index in [1.165, 1.54) is 16.6 Å². The van der Waals surface area contributed by atoms with E-state index in [0.717, 1.165) is 28.6 Å². The Hall–Kier alpha value is -1.09. The first kappa shape index (κ1) is 12.4. The summed E-state index contributed by atoms with van der Waals surface area (Å²) in [6.07, 6.45) is 0.998. The molecule has 17 heavy (non-hydrogen) atoms. The SMILES string of the molecule is CCNc1cc(C)nc2c(CC)cc(Br)cc12. The van der Waals surface area contributed by atoms with Crippen molar-refractivity contribution in [1.29, 1.82) is 0 Å². The van der Waals surface area contributed by atoms with Crippen LogP contribution in [0.2, 0.25) is 0 Å². The summed E-state index contributed by atoms with van der Waals surface area (Å²) in [5.41, 5.74) is 4.64. The highest BCUT2D eigenvalue weighted by atomic mass is 79.9. The summed E-state index contributed by atoms with van der Waals surface area (Å²) in [5.74, 6) is 0. The highest BCUT2D eigenvalue weighted by Crippen LogP contribution is 2.29. The number of hydrogen-bond donors (Lipinski definition) is 1. The van der Waals surface area contributed by atoms with Gasteiger partial charge in [-0.3, -0.25) is 4.98 Å². The van der Waals surface area contributed by atoms with Crippen LogP contribution in [0.3, 0.4) is 0 Å². The number of fused-ring (bicyclic) bond motifs is 1. The number of aryl methyl sites for hydroxylation is 2. The van der Waals surface area contributed by atoms with Crippen molar-refractivity contribution in [3.63, 3.8) is 0 Å². The molecule has 0 atom stereocenters. The fraction of sp³-hybridized carbons (Fsp3) is 0.357. The molecule has 1 heterocycles. The normalized spacial score (nSPS) is 10.8. The Morgan fingerprint density at radius 3 is 2.65 bits per heavy atom. The summed E-state index contributed by atoms with van der Waals surface area (Å²) in [4.78, 5) is 4.67. The lowest BCUT2D eigenvalue weighted by atomic mass is 10.1. The Labute approximate surface area is 111 Å². The number of benzene rings is 1. The van der Waals surface area contributed by atoms with Gasteiger partial charge in [-0.25, -0.2) is 0 Å². The monoisotopic (exact) mass is 292 g/mol. The molecule has 1 N–H and O–H groups in total. The summed E-state index contributed by atoms with van der Waals surface area (Å²) >= 11 is 3.57. The van der Waals surface area contributed by atoms with E-state index in [1.54, 1.807) is 0 Å². The third kappa shape index (κ3) is 2.44. The molecule has 2 rings (SSSR count). The molecule has 3 heteroatoms. The van der Waals surface area contributed by atoms with Gasteiger partial charge in [-0.1, -0.05) is 22.9 Å². The van der Waals surface area contributed by atoms with Gasteiger partial charge in [0, 0.05) is 27.8 Å². The van der Waals surface area contributed by atoms with E-state index in [9.17, 15) is 0 Å². The van der Waals surface area contributed by atoms with Crippen LogP contribution in [0.4, 0.5) is 5.69 Å². The zero-order valence-corrected chi connectivity index (χ0v) is 12.1. The van der Waals surface area contributed by atoms with Crippen LogP contribution in [0, 0.1) is 6.92 Å². The second-order valence-corrected chi connectivity index (χ2v) is 5.07. The second-order valence-electron chi connectivity index (χ2n) is 4.16. The Morgan fingerprint density at radius 2 is 2.00 bits per heavy atom. The van der Waals surface area contributed by atoms with Crippen molar-refractivity contribution >= 4 is 32.5 Å². The largest absolute Gasteiger partial charge is 0.385 e. The maximum Gasteiger partial charge on any atom is 0.0758 e. The molecule has 0 spiro atoms. The number of nitrogens with zero attached hydrogens (tertiary/aromatic N) is 1. The van der Waals surface area contributed by atoms with Gasteiger partial charge >= 0.3 is 0 Å². The number of pyridine rings is 1. The molecule has 1 aromatic heterocycles. The zero-order valence-electron chi connectivity index (χ0n) is 10.5. The number of anilines is 1. The van der Waals surface area contributed by atoms with Crippen molar-refractivity contribution in [1.82, 2.24) is 4.98 Å². The minimum absolute atomic E-state index is 0.923. The average molecular weight is 293 g/mol. The van der Waals surface area contributed by atoms with E-state index in [2.05, 4.69) is 58.3 Å². The fourth-order valence-corrected chi connectivity index (χ4v) is 2.60. The molecule has 0 aliphatic rings. The summed E-state index contributed by atoms with van der Waals surface area (Å²) in [6, 6.07) is 6.40. The molecule has 0 saturated heterocycles. The van der Waals surface area contributed by atoms with Crippen LogP contribution in [0.1, 0.15) is 25.1 Å². The van der Waals surface area contributed by atoms with Crippen LogP contribution in [0.5, 0.6) is 0 Å². The lowest BCUT2D eigenvalue weighted by Gasteiger charge is -2.12. The third-order valence-electron chi connectivity index (χ3n) is 2.83. The van der Waals surface area contributed by atoms with Crippen molar-refractivity contribution in [2.45, 2.75) is 27.2 Å². The standard InChI is InChI=1S/C14H17BrN2/c1-4-10-7-11(15)8-12-13(16-5-2)6-9(3)17-14(10)12/h6-8H,4-5H2,1-3H3,(H,16,17). The minimum Gasteiger partial charge on any atom is -0.385 e. The van der Waals surface area contributed by atoms with Crippen molar-refractivity contribution in [3.05, 3.63) is 33.9 Å². The molecule has 2 aromatic rings. The fourth-order valence-electron chi connectivity index (χ4n) is 2.09. The molecular weight excluding hydrogens is 276 g/mol. The van der Waals surface area contributed by atoms with Crippen LogP contribution in [0.25, 0.3) is 10.9 Å². The van der Waals surface area contributed by atoms with Gasteiger partial charge in [0.2, 0.25) is 0 Å². The van der Waals surface area contributed by atoms with Gasteiger partial charge in [0.1, 0.15) is 0 Å². The molecule has 1 aromatic carbocycles. The van der Waals surface area contributed by atoms with Gasteiger partial charge in [0.25, 0.3) is 0 Å². The second kappa shape index (κ2) is 5.05. The Balaban J connectivity index is 2.78. The minimum atomic E-state index is 0.923. The summed E-state index contributed by atoms with van der Waals surface area (Å²) in [6.45, 7) is 7.24. The Bertz CT molecular complexity index is 549. The number of halogens is 1. The topological polar surface area (TPSA) is 24.9 Å². The van der Waals surface area contributed by atoms with Gasteiger partial charge in [-0.2, -0.15) is 0 Å². The highest BCUT2D eigenvalue weighted by Gasteiger charge is 2.08. The third-order valence-corrected chi connectivity index (χ3v) is 3.29. The quantitative estimate of drug-likeness (QED) is 0.912. The first-order chi connectivity index (χ1) is 8.15. The molecule has 0 unspecified atom stereocenters. The van der Waals surface area contributed by atoms with Gasteiger partial charge in [0.15, 0.2) is 0 Å². The van der Waals surface area contributed by atoms with E-state index in [-0.39, 0.29) is 0 Å². The number of nitrogens with one attached hydrogen (secondary N) is 1. The van der Waals surface area contributed by atoms with Gasteiger partial charge < -0.3 is 5.32 Å². The van der Waals surface area contributed by atoms with Crippen LogP contribution in [0.15, 0.2) is 22.7 Å². The molecule has 90 valence electrons. The van der Waals surface area contributed by atoms with E-state index in [4.69, 9.17) is 0 Å². The molecule has 0 bridgehead atoms. The molecule has 2 nitrogen and oxygen atoms in total. The predicted octanol–water partition coefficient (Wildman–Crippen LogP) is 4.30. The predicted molar refractivity (Wildman–Crippen MR) is 77.7 cm³/mol. The number of rotatable bonds is 3. The maximum absolute atomic E-state index is 4.67. The zero-order chi connectivity index (χ0) is 12.4. The number of hydrogen-bond acceptors (Lipinski definition) is 2. The van der Waals surface area contributed by atoms with Gasteiger partial charge in [0.05, 0.1) is 5.52 Å². The molecule has 0 radical (unpaired) electrons. The van der Waals surface area contributed by atoms with E-state index in [1.807, 2.05) is 6.92 Å². The van der Waals surface area contributed by atoms with Gasteiger partial charge in [-0.15, -0.1) is 0 Å². The van der Waals surface area contributed by atoms with Gasteiger partial charge in [-0.05, 0) is 44.0 Å². The van der Waals surface area contributed by atoms with E-state index >= 15 is 0 Å². The van der Waals surface area contributed by atoms with Crippen molar-refractivity contribution in [3.8, 4) is 0 Å². The van der Waals surface area contributed by atoms with Crippen molar-refractivity contribution in [2.24, 2.45) is 0 Å². The lowest BCUT2D eigenvalue weighted by molar-refractivity contribution is 1.13. The summed E-state index contributed by atoms with van der Waals surface area (Å²) < 4.78 is 1.12. The molecule has 0 amide bonds. The Kier molecular flexibility index (Phi) is 3.67. The molecule has 0 saturated carbocycles. The van der Waals surface area contributed by atoms with Crippen molar-refractivity contribution in [2.75, 3.05) is 11.9 Å². The average Bonchev–Trinajstić information content (AvgIpc) is 2.29. The molecule has 0 fully saturated rings. The first-order valence-corrected chi connectivity index (χ1v) is 6.78. The highest BCUT2D eigenvalue weighted by molar-refractivity contribution is 9.10. The van der Waals surface area contributed by atoms with Crippen LogP contribution >= 0.6 is 15.9 Å². The van der Waals surface area contributed by atoms with Crippen LogP contribution in [-0.2, 0) is 6.42 Å². The van der Waals surface area contributed by atoms with Crippen molar-refractivity contribution < 1.29 is 0 Å². The first-order valence-electron chi connectivity index (χ1n) is 5.99. The molecule has 0 aliphatic heterocycles. The lowest BCUT2D eigenvalue weighted by Crippen LogP contribution is -2.00. The Morgan fingerprint density at radius 1 is 1.24 bits per heavy atom. The number of aromatic nitrogens is 1. The van der Waals surface area contributed by atoms with Crippen LogP contribution in [-0.4, -0.2) is 11.5 Å². The summed E-state index contributed by atoms with van der Waals surface area (Å²) in [5, 5.41) is 4.61. The summed E-state index contributed by atoms with van der Waals surface area (Å²) in [7, 11) is 0.